The molecule has 0 saturated heterocycles. The van der Waals surface area contributed by atoms with Crippen LogP contribution in [0.2, 0.25) is 0 Å². The lowest BCUT2D eigenvalue weighted by molar-refractivity contribution is -0.921. The van der Waals surface area contributed by atoms with Crippen molar-refractivity contribution in [3.05, 3.63) is 0 Å². The van der Waals surface area contributed by atoms with Gasteiger partial charge in [-0.3, -0.25) is 8.57 Å². The molecule has 0 saturated carbocycles. The Hall–Kier alpha value is -0.200. The average Bonchev–Trinajstić information content (AvgIpc) is 2.90. The number of halogens is 1. The van der Waals surface area contributed by atoms with E-state index in [9.17, 15) is 12.8 Å². The van der Waals surface area contributed by atoms with Crippen molar-refractivity contribution in [3.8, 4) is 0 Å². The Balaban J connectivity index is 0. The normalized spacial score (nSPS) is 11.9. The molecule has 0 aliphatic rings. The van der Waals surface area contributed by atoms with E-state index in [2.05, 4.69) is 34.6 Å². The van der Waals surface area contributed by atoms with Gasteiger partial charge in [0.25, 0.3) is 10.1 Å². The van der Waals surface area contributed by atoms with Crippen molar-refractivity contribution in [1.29, 1.82) is 0 Å². The summed E-state index contributed by atoms with van der Waals surface area (Å²) in [6.07, 6.45) is 21.4. The summed E-state index contributed by atoms with van der Waals surface area (Å²) in [5, 5.41) is 0. The van der Waals surface area contributed by atoms with Crippen LogP contribution in [-0.4, -0.2) is 58.1 Å². The highest BCUT2D eigenvalue weighted by atomic mass is 32.2. The molecule has 0 atom stereocenters. The third-order valence-electron chi connectivity index (χ3n) is 7.97. The summed E-state index contributed by atoms with van der Waals surface area (Å²) in [6, 6.07) is 0. The van der Waals surface area contributed by atoms with Gasteiger partial charge in [0, 0.05) is 0 Å². The molecule has 0 unspecified atom stereocenters. The van der Waals surface area contributed by atoms with Crippen molar-refractivity contribution in [2.45, 2.75) is 157 Å². The van der Waals surface area contributed by atoms with Gasteiger partial charge in [0.15, 0.2) is 0 Å². The maximum absolute atomic E-state index is 11.9. The van der Waals surface area contributed by atoms with Crippen molar-refractivity contribution in [2.75, 3.05) is 45.2 Å². The third-order valence-corrected chi connectivity index (χ3v) is 9.29. The fourth-order valence-electron chi connectivity index (χ4n) is 4.79. The van der Waals surface area contributed by atoms with Crippen LogP contribution in [-0.2, 0) is 14.3 Å². The first kappa shape index (κ1) is 38.9. The highest BCUT2D eigenvalue weighted by Crippen LogP contribution is 2.13. The fourth-order valence-corrected chi connectivity index (χ4v) is 5.83. The van der Waals surface area contributed by atoms with E-state index in [4.69, 9.17) is 4.18 Å². The van der Waals surface area contributed by atoms with E-state index in [0.717, 1.165) is 38.5 Å². The second-order valence-electron chi connectivity index (χ2n) is 10.7. The monoisotopic (exact) mass is 552 g/mol. The summed E-state index contributed by atoms with van der Waals surface area (Å²) < 4.78 is 42.1. The van der Waals surface area contributed by atoms with Gasteiger partial charge < -0.3 is 4.48 Å². The molecular weight excluding hydrogens is 485 g/mol. The fraction of sp³-hybridized carbons (Fsp3) is 1.00. The highest BCUT2D eigenvalue weighted by molar-refractivity contribution is 7.86. The number of hydrogen-bond donors (Lipinski definition) is 0. The molecule has 0 aromatic rings. The lowest BCUT2D eigenvalue weighted by atomic mass is 10.1. The van der Waals surface area contributed by atoms with Crippen molar-refractivity contribution >= 4 is 10.1 Å². The number of rotatable bonds is 27. The Labute approximate surface area is 233 Å². The van der Waals surface area contributed by atoms with Crippen LogP contribution in [0, 0.1) is 0 Å². The van der Waals surface area contributed by atoms with E-state index in [1.54, 1.807) is 0 Å². The van der Waals surface area contributed by atoms with E-state index in [0.29, 0.717) is 19.4 Å². The van der Waals surface area contributed by atoms with Crippen LogP contribution < -0.4 is 0 Å². The van der Waals surface area contributed by atoms with Crippen molar-refractivity contribution in [2.24, 2.45) is 0 Å². The topological polar surface area (TPSA) is 43.4 Å². The first-order valence-corrected chi connectivity index (χ1v) is 17.7. The highest BCUT2D eigenvalue weighted by Gasteiger charge is 2.16. The molecule has 0 rings (SSSR count). The summed E-state index contributed by atoms with van der Waals surface area (Å²) >= 11 is 0. The first-order valence-electron chi connectivity index (χ1n) is 16.1. The van der Waals surface area contributed by atoms with Gasteiger partial charge in [0.1, 0.15) is 0 Å². The van der Waals surface area contributed by atoms with E-state index < -0.39 is 10.1 Å². The minimum Gasteiger partial charge on any atom is -0.325 e. The van der Waals surface area contributed by atoms with E-state index in [-0.39, 0.29) is 12.4 Å². The molecule has 4 nitrogen and oxygen atoms in total. The Morgan fingerprint density at radius 2 is 0.865 bits per heavy atom. The number of nitrogens with zero attached hydrogens (tertiary/aromatic N) is 1. The largest absolute Gasteiger partial charge is 0.325 e. The minimum absolute atomic E-state index is 0.160. The van der Waals surface area contributed by atoms with Gasteiger partial charge in [0.2, 0.25) is 0 Å². The Morgan fingerprint density at radius 3 is 1.22 bits per heavy atom. The summed E-state index contributed by atoms with van der Waals surface area (Å²) in [5.74, 6) is 0.160. The molecule has 226 valence electrons. The van der Waals surface area contributed by atoms with Crippen LogP contribution in [0.15, 0.2) is 0 Å². The molecule has 0 radical (unpaired) electrons. The molecule has 0 bridgehead atoms. The van der Waals surface area contributed by atoms with E-state index in [1.807, 2.05) is 0 Å². The maximum atomic E-state index is 11.9. The summed E-state index contributed by atoms with van der Waals surface area (Å²) in [7, 11) is -3.33. The average molecular weight is 553 g/mol. The van der Waals surface area contributed by atoms with Crippen LogP contribution in [0.1, 0.15) is 157 Å². The van der Waals surface area contributed by atoms with Crippen LogP contribution >= 0.6 is 0 Å². The lowest BCUT2D eigenvalue weighted by Crippen LogP contribution is -2.47. The van der Waals surface area contributed by atoms with Gasteiger partial charge >= 0.3 is 0 Å². The van der Waals surface area contributed by atoms with Gasteiger partial charge in [-0.25, -0.2) is 0 Å². The molecule has 0 heterocycles. The Kier molecular flexibility index (Phi) is 30.3. The van der Waals surface area contributed by atoms with Gasteiger partial charge in [-0.1, -0.05) is 110 Å². The summed E-state index contributed by atoms with van der Waals surface area (Å²) in [4.78, 5) is 0. The number of hydrogen-bond acceptors (Lipinski definition) is 3. The zero-order valence-electron chi connectivity index (χ0n) is 25.8. The molecular formula is C31H67FNO3S+. The third kappa shape index (κ3) is 27.2. The molecule has 6 heteroatoms. The summed E-state index contributed by atoms with van der Waals surface area (Å²) in [6.45, 7) is 16.6. The van der Waals surface area contributed by atoms with Crippen molar-refractivity contribution in [1.82, 2.24) is 0 Å². The minimum atomic E-state index is -3.33. The van der Waals surface area contributed by atoms with Crippen LogP contribution in [0.5, 0.6) is 0 Å². The van der Waals surface area contributed by atoms with Crippen molar-refractivity contribution < 1.29 is 21.5 Å². The molecule has 37 heavy (non-hydrogen) atoms. The standard InChI is InChI=1S/C23H47FO3S.C8H20N/c1-2-3-4-5-6-10-13-16-19-22-27-28(25,26)23-20-17-14-11-8-7-9-12-15-18-21-24;1-5-9(6-2,7-3)8-4/h2-23H2,1H3;5-8H2,1-4H3/q;+1. The molecule has 0 aromatic heterocycles. The number of alkyl halides is 1. The molecule has 0 N–H and O–H groups in total. The predicted molar refractivity (Wildman–Crippen MR) is 162 cm³/mol. The molecule has 0 fully saturated rings. The second kappa shape index (κ2) is 28.8. The van der Waals surface area contributed by atoms with Gasteiger partial charge in [-0.2, -0.15) is 8.42 Å². The smallest absolute Gasteiger partial charge is 0.267 e. The number of quaternary nitrogens is 1. The van der Waals surface area contributed by atoms with Gasteiger partial charge in [-0.05, 0) is 47.0 Å². The van der Waals surface area contributed by atoms with Crippen LogP contribution in [0.3, 0.4) is 0 Å². The second-order valence-corrected chi connectivity index (χ2v) is 12.5. The zero-order valence-corrected chi connectivity index (χ0v) is 26.7. The quantitative estimate of drug-likeness (QED) is 0.0579. The zero-order chi connectivity index (χ0) is 28.1. The van der Waals surface area contributed by atoms with Gasteiger partial charge in [-0.15, -0.1) is 0 Å². The summed E-state index contributed by atoms with van der Waals surface area (Å²) in [5.41, 5.74) is 0. The maximum Gasteiger partial charge on any atom is 0.267 e. The van der Waals surface area contributed by atoms with Crippen LogP contribution in [0.4, 0.5) is 4.39 Å². The predicted octanol–water partition coefficient (Wildman–Crippen LogP) is 9.62. The van der Waals surface area contributed by atoms with E-state index >= 15 is 0 Å². The SMILES string of the molecule is CCCCCCCCCCCOS(=O)(=O)CCCCCCCCCCCCF.CC[N+](CC)(CC)CC. The molecule has 0 aliphatic carbocycles. The molecule has 0 aromatic carbocycles. The van der Waals surface area contributed by atoms with Crippen molar-refractivity contribution in [3.63, 3.8) is 0 Å². The molecule has 0 amide bonds. The van der Waals surface area contributed by atoms with Crippen LogP contribution in [0.25, 0.3) is 0 Å². The number of unbranched alkanes of at least 4 members (excludes halogenated alkanes) is 17. The van der Waals surface area contributed by atoms with Gasteiger partial charge in [0.05, 0.1) is 45.2 Å². The lowest BCUT2D eigenvalue weighted by Gasteiger charge is -2.34. The Bertz CT molecular complexity index is 521. The Morgan fingerprint density at radius 1 is 0.514 bits per heavy atom. The molecule has 0 aliphatic heterocycles. The first-order chi connectivity index (χ1) is 17.9. The molecule has 0 spiro atoms. The van der Waals surface area contributed by atoms with E-state index in [1.165, 1.54) is 101 Å².